The average molecular weight is 246 g/mol. The summed E-state index contributed by atoms with van der Waals surface area (Å²) >= 11 is 0. The van der Waals surface area contributed by atoms with Gasteiger partial charge in [-0.15, -0.1) is 0 Å². The lowest BCUT2D eigenvalue weighted by molar-refractivity contribution is -0.142. The number of carboxylic acids is 1. The number of amides is 2. The van der Waals surface area contributed by atoms with Crippen LogP contribution in [-0.2, 0) is 9.53 Å². The number of urea groups is 1. The van der Waals surface area contributed by atoms with Crippen LogP contribution < -0.4 is 5.32 Å². The number of nitrogens with one attached hydrogen (secondary N) is 1. The molecule has 1 atom stereocenters. The molecule has 0 aliphatic carbocycles. The molecule has 2 N–H and O–H groups in total. The van der Waals surface area contributed by atoms with Crippen LogP contribution in [0.15, 0.2) is 0 Å². The third kappa shape index (κ3) is 5.53. The van der Waals surface area contributed by atoms with Gasteiger partial charge in [0.2, 0.25) is 0 Å². The highest BCUT2D eigenvalue weighted by Crippen LogP contribution is 2.19. The van der Waals surface area contributed by atoms with Gasteiger partial charge in [-0.05, 0) is 5.41 Å². The van der Waals surface area contributed by atoms with Gasteiger partial charge in [0.05, 0.1) is 6.61 Å². The monoisotopic (exact) mass is 246 g/mol. The summed E-state index contributed by atoms with van der Waals surface area (Å²) in [6, 6.07) is -1.33. The van der Waals surface area contributed by atoms with Crippen molar-refractivity contribution in [3.63, 3.8) is 0 Å². The molecular formula is C11H22N2O4. The molecule has 0 aromatic heterocycles. The summed E-state index contributed by atoms with van der Waals surface area (Å²) in [5, 5.41) is 11.6. The van der Waals surface area contributed by atoms with Crippen LogP contribution in [0.3, 0.4) is 0 Å². The highest BCUT2D eigenvalue weighted by Gasteiger charge is 2.33. The summed E-state index contributed by atoms with van der Waals surface area (Å²) in [6.07, 6.45) is 0. The molecule has 0 radical (unpaired) electrons. The minimum atomic E-state index is -1.04. The quantitative estimate of drug-likeness (QED) is 0.751. The number of rotatable bonds is 5. The molecule has 0 rings (SSSR count). The molecule has 0 aliphatic rings. The molecule has 17 heavy (non-hydrogen) atoms. The Bertz CT molecular complexity index is 273. The van der Waals surface area contributed by atoms with E-state index >= 15 is 0 Å². The van der Waals surface area contributed by atoms with Gasteiger partial charge in [-0.3, -0.25) is 0 Å². The van der Waals surface area contributed by atoms with Crippen molar-refractivity contribution in [1.82, 2.24) is 10.2 Å². The summed E-state index contributed by atoms with van der Waals surface area (Å²) in [5.41, 5.74) is -0.538. The van der Waals surface area contributed by atoms with Crippen LogP contribution >= 0.6 is 0 Å². The zero-order valence-corrected chi connectivity index (χ0v) is 11.1. The lowest BCUT2D eigenvalue weighted by Gasteiger charge is -2.29. The summed E-state index contributed by atoms with van der Waals surface area (Å²) in [4.78, 5) is 24.2. The molecule has 0 saturated heterocycles. The Labute approximate surface area is 102 Å². The third-order valence-electron chi connectivity index (χ3n) is 2.36. The molecule has 0 aliphatic heterocycles. The molecular weight excluding hydrogens is 224 g/mol. The summed E-state index contributed by atoms with van der Waals surface area (Å²) in [5.74, 6) is -1.04. The van der Waals surface area contributed by atoms with Gasteiger partial charge in [-0.1, -0.05) is 20.8 Å². The molecule has 0 aromatic rings. The van der Waals surface area contributed by atoms with Crippen molar-refractivity contribution in [2.45, 2.75) is 26.8 Å². The van der Waals surface area contributed by atoms with E-state index in [1.807, 2.05) is 0 Å². The second-order valence-electron chi connectivity index (χ2n) is 5.00. The molecule has 6 heteroatoms. The number of likely N-dealkylation sites (N-methyl/N-ethyl adjacent to an activating group) is 1. The third-order valence-corrected chi connectivity index (χ3v) is 2.36. The van der Waals surface area contributed by atoms with Gasteiger partial charge in [0, 0.05) is 20.7 Å². The number of carbonyl (C=O) groups is 2. The highest BCUT2D eigenvalue weighted by atomic mass is 16.5. The van der Waals surface area contributed by atoms with Crippen LogP contribution in [0, 0.1) is 5.41 Å². The number of nitrogens with zero attached hydrogens (tertiary/aromatic N) is 1. The maximum Gasteiger partial charge on any atom is 0.326 e. The summed E-state index contributed by atoms with van der Waals surface area (Å²) in [7, 11) is 3.14. The second kappa shape index (κ2) is 6.44. The Kier molecular flexibility index (Phi) is 5.95. The maximum absolute atomic E-state index is 11.7. The first kappa shape index (κ1) is 15.7. The van der Waals surface area contributed by atoms with E-state index in [1.54, 1.807) is 34.9 Å². The van der Waals surface area contributed by atoms with Gasteiger partial charge in [0.25, 0.3) is 0 Å². The van der Waals surface area contributed by atoms with E-state index in [0.717, 1.165) is 0 Å². The molecule has 0 heterocycles. The molecule has 0 unspecified atom stereocenters. The zero-order valence-electron chi connectivity index (χ0n) is 11.1. The van der Waals surface area contributed by atoms with Crippen molar-refractivity contribution in [3.05, 3.63) is 0 Å². The fourth-order valence-corrected chi connectivity index (χ4v) is 1.21. The highest BCUT2D eigenvalue weighted by molar-refractivity contribution is 5.83. The standard InChI is InChI=1S/C11H22N2O4/c1-11(2,3)8(9(14)15)12-10(16)13(4)6-7-17-5/h8H,6-7H2,1-5H3,(H,12,16)(H,14,15)/t8-/m0/s1. The van der Waals surface area contributed by atoms with Crippen LogP contribution in [0.4, 0.5) is 4.79 Å². The van der Waals surface area contributed by atoms with Crippen LogP contribution in [0.25, 0.3) is 0 Å². The van der Waals surface area contributed by atoms with E-state index in [1.165, 1.54) is 4.90 Å². The molecule has 0 saturated carbocycles. The van der Waals surface area contributed by atoms with Gasteiger partial charge in [0.1, 0.15) is 6.04 Å². The predicted octanol–water partition coefficient (Wildman–Crippen LogP) is 0.773. The van der Waals surface area contributed by atoms with E-state index in [-0.39, 0.29) is 0 Å². The van der Waals surface area contributed by atoms with Gasteiger partial charge in [0.15, 0.2) is 0 Å². The van der Waals surface area contributed by atoms with E-state index in [9.17, 15) is 9.59 Å². The van der Waals surface area contributed by atoms with Gasteiger partial charge in [-0.2, -0.15) is 0 Å². The minimum absolute atomic E-state index is 0.413. The van der Waals surface area contributed by atoms with Crippen molar-refractivity contribution in [3.8, 4) is 0 Å². The van der Waals surface area contributed by atoms with Crippen LogP contribution in [-0.4, -0.2) is 55.4 Å². The van der Waals surface area contributed by atoms with Gasteiger partial charge < -0.3 is 20.1 Å². The van der Waals surface area contributed by atoms with Crippen LogP contribution in [0.2, 0.25) is 0 Å². The van der Waals surface area contributed by atoms with E-state index in [0.29, 0.717) is 13.2 Å². The second-order valence-corrected chi connectivity index (χ2v) is 5.00. The Morgan fingerprint density at radius 3 is 2.29 bits per heavy atom. The summed E-state index contributed by atoms with van der Waals surface area (Å²) in [6.45, 7) is 6.12. The largest absolute Gasteiger partial charge is 0.480 e. The molecule has 0 spiro atoms. The molecule has 6 nitrogen and oxygen atoms in total. The minimum Gasteiger partial charge on any atom is -0.480 e. The first-order valence-electron chi connectivity index (χ1n) is 5.43. The number of hydrogen-bond acceptors (Lipinski definition) is 3. The van der Waals surface area contributed by atoms with Crippen molar-refractivity contribution in [1.29, 1.82) is 0 Å². The SMILES string of the molecule is COCCN(C)C(=O)N[C@@H](C(=O)O)C(C)(C)C. The first-order chi connectivity index (χ1) is 7.70. The lowest BCUT2D eigenvalue weighted by Crippen LogP contribution is -2.52. The van der Waals surface area contributed by atoms with Gasteiger partial charge in [-0.25, -0.2) is 9.59 Å². The molecule has 0 aromatic carbocycles. The number of carboxylic acid groups (broad SMARTS) is 1. The zero-order chi connectivity index (χ0) is 13.6. The Morgan fingerprint density at radius 2 is 1.94 bits per heavy atom. The average Bonchev–Trinajstić information content (AvgIpc) is 2.19. The maximum atomic E-state index is 11.7. The lowest BCUT2D eigenvalue weighted by atomic mass is 9.87. The van der Waals surface area contributed by atoms with Crippen molar-refractivity contribution < 1.29 is 19.4 Å². The smallest absolute Gasteiger partial charge is 0.326 e. The Hall–Kier alpha value is -1.30. The first-order valence-corrected chi connectivity index (χ1v) is 5.43. The normalized spacial score (nSPS) is 13.0. The predicted molar refractivity (Wildman–Crippen MR) is 63.9 cm³/mol. The molecule has 2 amide bonds. The number of ether oxygens (including phenoxy) is 1. The fourth-order valence-electron chi connectivity index (χ4n) is 1.21. The van der Waals surface area contributed by atoms with E-state index < -0.39 is 23.5 Å². The summed E-state index contributed by atoms with van der Waals surface area (Å²) < 4.78 is 4.84. The van der Waals surface area contributed by atoms with Crippen LogP contribution in [0.5, 0.6) is 0 Å². The van der Waals surface area contributed by atoms with Crippen LogP contribution in [0.1, 0.15) is 20.8 Å². The topological polar surface area (TPSA) is 78.9 Å². The number of carbonyl (C=O) groups excluding carboxylic acids is 1. The molecule has 0 fully saturated rings. The van der Waals surface area contributed by atoms with Crippen molar-refractivity contribution in [2.24, 2.45) is 5.41 Å². The number of hydrogen-bond donors (Lipinski definition) is 2. The Balaban J connectivity index is 4.47. The van der Waals surface area contributed by atoms with Crippen molar-refractivity contribution >= 4 is 12.0 Å². The Morgan fingerprint density at radius 1 is 1.41 bits per heavy atom. The van der Waals surface area contributed by atoms with E-state index in [4.69, 9.17) is 9.84 Å². The van der Waals surface area contributed by atoms with Gasteiger partial charge >= 0.3 is 12.0 Å². The number of aliphatic carboxylic acids is 1. The fraction of sp³-hybridized carbons (Fsp3) is 0.818. The van der Waals surface area contributed by atoms with Crippen molar-refractivity contribution in [2.75, 3.05) is 27.3 Å². The molecule has 0 bridgehead atoms. The number of methoxy groups -OCH3 is 1. The molecule has 100 valence electrons. The van der Waals surface area contributed by atoms with E-state index in [2.05, 4.69) is 5.32 Å².